The lowest BCUT2D eigenvalue weighted by atomic mass is 9.79. The molecule has 0 bridgehead atoms. The molecule has 2 aliphatic carbocycles. The lowest BCUT2D eigenvalue weighted by Gasteiger charge is -2.28. The first-order chi connectivity index (χ1) is 17.0. The van der Waals surface area contributed by atoms with Gasteiger partial charge in [0.05, 0.1) is 5.92 Å². The van der Waals surface area contributed by atoms with E-state index in [-0.39, 0.29) is 36.8 Å². The number of ether oxygens (including phenoxy) is 1. The summed E-state index contributed by atoms with van der Waals surface area (Å²) in [6, 6.07) is 16.0. The Morgan fingerprint density at radius 2 is 1.63 bits per heavy atom. The predicted molar refractivity (Wildman–Crippen MR) is 133 cm³/mol. The maximum Gasteiger partial charge on any atom is 0.407 e. The minimum Gasteiger partial charge on any atom is -0.481 e. The van der Waals surface area contributed by atoms with E-state index in [1.807, 2.05) is 31.2 Å². The molecule has 0 saturated heterocycles. The molecular weight excluding hydrogens is 444 g/mol. The molecule has 1 unspecified atom stereocenters. The minimum absolute atomic E-state index is 0.0193. The van der Waals surface area contributed by atoms with E-state index in [0.29, 0.717) is 19.4 Å². The summed E-state index contributed by atoms with van der Waals surface area (Å²) >= 11 is 0. The maximum absolute atomic E-state index is 12.6. The Labute approximate surface area is 206 Å². The number of carboxylic acids is 1. The highest BCUT2D eigenvalue weighted by Crippen LogP contribution is 2.44. The van der Waals surface area contributed by atoms with Gasteiger partial charge in [0.1, 0.15) is 6.61 Å². The zero-order valence-corrected chi connectivity index (χ0v) is 20.2. The van der Waals surface area contributed by atoms with Crippen molar-refractivity contribution in [2.75, 3.05) is 13.2 Å². The van der Waals surface area contributed by atoms with Crippen molar-refractivity contribution in [1.82, 2.24) is 10.6 Å². The third kappa shape index (κ3) is 5.84. The van der Waals surface area contributed by atoms with Crippen molar-refractivity contribution in [3.8, 4) is 11.1 Å². The van der Waals surface area contributed by atoms with E-state index in [1.165, 1.54) is 11.1 Å². The molecule has 0 spiro atoms. The molecule has 2 aromatic carbocycles. The Bertz CT molecular complexity index is 1020. The highest BCUT2D eigenvalue weighted by atomic mass is 16.5. The third-order valence-corrected chi connectivity index (χ3v) is 7.38. The van der Waals surface area contributed by atoms with Gasteiger partial charge in [-0.2, -0.15) is 0 Å². The summed E-state index contributed by atoms with van der Waals surface area (Å²) in [7, 11) is 0. The fourth-order valence-corrected chi connectivity index (χ4v) is 5.42. The highest BCUT2D eigenvalue weighted by Gasteiger charge is 2.31. The summed E-state index contributed by atoms with van der Waals surface area (Å²) in [6.45, 7) is 2.49. The van der Waals surface area contributed by atoms with E-state index in [9.17, 15) is 19.5 Å². The molecule has 35 heavy (non-hydrogen) atoms. The van der Waals surface area contributed by atoms with Crippen LogP contribution in [0.4, 0.5) is 4.79 Å². The quantitative estimate of drug-likeness (QED) is 0.485. The predicted octanol–water partition coefficient (Wildman–Crippen LogP) is 4.70. The molecule has 186 valence electrons. The molecule has 1 saturated carbocycles. The first-order valence-electron chi connectivity index (χ1n) is 12.6. The molecule has 2 amide bonds. The summed E-state index contributed by atoms with van der Waals surface area (Å²) in [5, 5.41) is 15.1. The van der Waals surface area contributed by atoms with E-state index in [2.05, 4.69) is 34.9 Å². The number of amides is 2. The number of alkyl carbamates (subject to hydrolysis) is 1. The van der Waals surface area contributed by atoms with E-state index < -0.39 is 18.0 Å². The fraction of sp³-hybridized carbons (Fsp3) is 0.464. The monoisotopic (exact) mass is 478 g/mol. The van der Waals surface area contributed by atoms with Crippen molar-refractivity contribution in [3.63, 3.8) is 0 Å². The van der Waals surface area contributed by atoms with Crippen LogP contribution in [0.2, 0.25) is 0 Å². The largest absolute Gasteiger partial charge is 0.481 e. The molecule has 2 aromatic rings. The molecule has 0 aromatic heterocycles. The topological polar surface area (TPSA) is 105 Å². The molecule has 2 aliphatic rings. The highest BCUT2D eigenvalue weighted by molar-refractivity contribution is 5.79. The van der Waals surface area contributed by atoms with Gasteiger partial charge in [-0.05, 0) is 47.4 Å². The van der Waals surface area contributed by atoms with Gasteiger partial charge in [0, 0.05) is 24.9 Å². The second-order valence-corrected chi connectivity index (χ2v) is 9.57. The van der Waals surface area contributed by atoms with E-state index in [0.717, 1.165) is 30.4 Å². The van der Waals surface area contributed by atoms with Gasteiger partial charge in [-0.1, -0.05) is 68.3 Å². The summed E-state index contributed by atoms with van der Waals surface area (Å²) in [4.78, 5) is 36.5. The number of carbonyl (C=O) groups excluding carboxylic acids is 2. The second kappa shape index (κ2) is 11.4. The van der Waals surface area contributed by atoms with Crippen LogP contribution in [0, 0.1) is 11.8 Å². The van der Waals surface area contributed by atoms with Crippen LogP contribution in [0.5, 0.6) is 0 Å². The van der Waals surface area contributed by atoms with Gasteiger partial charge >= 0.3 is 12.1 Å². The fourth-order valence-electron chi connectivity index (χ4n) is 5.42. The Morgan fingerprint density at radius 1 is 1.00 bits per heavy atom. The van der Waals surface area contributed by atoms with Gasteiger partial charge in [-0.25, -0.2) is 4.79 Å². The number of benzene rings is 2. The zero-order valence-electron chi connectivity index (χ0n) is 20.2. The van der Waals surface area contributed by atoms with Gasteiger partial charge in [0.2, 0.25) is 5.91 Å². The standard InChI is InChI=1S/C28H34N2O5/c1-2-19(15-26(31)29-16-18-9-3-4-10-20(18)27(32)33)30-28(34)35-17-25-23-13-7-5-11-21(23)22-12-6-8-14-24(22)25/h5-8,11-14,18-20,25H,2-4,9-10,15-17H2,1H3,(H,29,31)(H,30,34)(H,32,33)/t18-,19?,20-/m0/s1. The van der Waals surface area contributed by atoms with Crippen molar-refractivity contribution in [2.45, 2.75) is 57.4 Å². The number of carboxylic acid groups (broad SMARTS) is 1. The first kappa shape index (κ1) is 24.8. The normalized spacial score (nSPS) is 19.8. The van der Waals surface area contributed by atoms with Gasteiger partial charge in [-0.3, -0.25) is 9.59 Å². The number of hydrogen-bond donors (Lipinski definition) is 3. The summed E-state index contributed by atoms with van der Waals surface area (Å²) in [5.41, 5.74) is 4.64. The molecule has 3 atom stereocenters. The maximum atomic E-state index is 12.6. The lowest BCUT2D eigenvalue weighted by Crippen LogP contribution is -2.42. The molecule has 7 nitrogen and oxygen atoms in total. The lowest BCUT2D eigenvalue weighted by molar-refractivity contribution is -0.145. The Balaban J connectivity index is 1.27. The van der Waals surface area contributed by atoms with Crippen LogP contribution in [-0.2, 0) is 14.3 Å². The molecule has 4 rings (SSSR count). The average molecular weight is 479 g/mol. The molecule has 0 radical (unpaired) electrons. The van der Waals surface area contributed by atoms with Gasteiger partial charge in [-0.15, -0.1) is 0 Å². The molecular formula is C28H34N2O5. The van der Waals surface area contributed by atoms with Crippen LogP contribution in [-0.4, -0.2) is 42.3 Å². The molecule has 0 heterocycles. The van der Waals surface area contributed by atoms with E-state index in [4.69, 9.17) is 4.74 Å². The third-order valence-electron chi connectivity index (χ3n) is 7.38. The van der Waals surface area contributed by atoms with Crippen LogP contribution < -0.4 is 10.6 Å². The molecule has 7 heteroatoms. The van der Waals surface area contributed by atoms with Crippen LogP contribution in [0.15, 0.2) is 48.5 Å². The van der Waals surface area contributed by atoms with Crippen molar-refractivity contribution >= 4 is 18.0 Å². The number of rotatable bonds is 9. The minimum atomic E-state index is -0.785. The number of nitrogens with one attached hydrogen (secondary N) is 2. The van der Waals surface area contributed by atoms with E-state index >= 15 is 0 Å². The van der Waals surface area contributed by atoms with Crippen LogP contribution in [0.3, 0.4) is 0 Å². The number of fused-ring (bicyclic) bond motifs is 3. The number of aliphatic carboxylic acids is 1. The SMILES string of the molecule is CCC(CC(=O)NC[C@@H]1CCCC[C@@H]1C(=O)O)NC(=O)OCC1c2ccccc2-c2ccccc21. The Hall–Kier alpha value is -3.35. The summed E-state index contributed by atoms with van der Waals surface area (Å²) in [5.74, 6) is -1.43. The van der Waals surface area contributed by atoms with Crippen LogP contribution in [0.1, 0.15) is 62.5 Å². The number of carbonyl (C=O) groups is 3. The summed E-state index contributed by atoms with van der Waals surface area (Å²) in [6.07, 6.45) is 3.56. The number of hydrogen-bond acceptors (Lipinski definition) is 4. The Kier molecular flexibility index (Phi) is 8.06. The molecule has 1 fully saturated rings. The van der Waals surface area contributed by atoms with Crippen molar-refractivity contribution in [1.29, 1.82) is 0 Å². The van der Waals surface area contributed by atoms with Gasteiger partial charge in [0.15, 0.2) is 0 Å². The average Bonchev–Trinajstić information content (AvgIpc) is 3.19. The van der Waals surface area contributed by atoms with Gasteiger partial charge < -0.3 is 20.5 Å². The molecule has 3 N–H and O–H groups in total. The van der Waals surface area contributed by atoms with Gasteiger partial charge in [0.25, 0.3) is 0 Å². The molecule has 0 aliphatic heterocycles. The smallest absolute Gasteiger partial charge is 0.407 e. The van der Waals surface area contributed by atoms with Crippen molar-refractivity contribution < 1.29 is 24.2 Å². The second-order valence-electron chi connectivity index (χ2n) is 9.57. The Morgan fingerprint density at radius 3 is 2.26 bits per heavy atom. The van der Waals surface area contributed by atoms with Crippen LogP contribution >= 0.6 is 0 Å². The summed E-state index contributed by atoms with van der Waals surface area (Å²) < 4.78 is 5.60. The first-order valence-corrected chi connectivity index (χ1v) is 12.6. The van der Waals surface area contributed by atoms with Crippen LogP contribution in [0.25, 0.3) is 11.1 Å². The van der Waals surface area contributed by atoms with Crippen molar-refractivity contribution in [3.05, 3.63) is 59.7 Å². The van der Waals surface area contributed by atoms with E-state index in [1.54, 1.807) is 0 Å². The van der Waals surface area contributed by atoms with Crippen molar-refractivity contribution in [2.24, 2.45) is 11.8 Å². The zero-order chi connectivity index (χ0) is 24.8.